The van der Waals surface area contributed by atoms with E-state index in [2.05, 4.69) is 9.36 Å². The summed E-state index contributed by atoms with van der Waals surface area (Å²) in [6.45, 7) is 5.69. The van der Waals surface area contributed by atoms with E-state index in [-0.39, 0.29) is 24.9 Å². The molecule has 0 spiro atoms. The van der Waals surface area contributed by atoms with E-state index in [1.807, 2.05) is 18.7 Å². The summed E-state index contributed by atoms with van der Waals surface area (Å²) in [4.78, 5) is 20.4. The van der Waals surface area contributed by atoms with Gasteiger partial charge in [-0.1, -0.05) is 19.9 Å². The molecule has 0 saturated carbocycles. The predicted molar refractivity (Wildman–Crippen MR) is 88.0 cm³/mol. The van der Waals surface area contributed by atoms with Gasteiger partial charge in [0.1, 0.15) is 5.82 Å². The first kappa shape index (κ1) is 16.8. The second kappa shape index (κ2) is 6.80. The van der Waals surface area contributed by atoms with E-state index in [0.717, 1.165) is 23.1 Å². The van der Waals surface area contributed by atoms with Crippen LogP contribution in [0.2, 0.25) is 0 Å². The molecule has 0 unspecified atom stereocenters. The van der Waals surface area contributed by atoms with Crippen molar-refractivity contribution in [2.45, 2.75) is 26.3 Å². The highest BCUT2D eigenvalue weighted by Gasteiger charge is 2.26. The number of piperazine rings is 1. The highest BCUT2D eigenvalue weighted by molar-refractivity contribution is 7.09. The highest BCUT2D eigenvalue weighted by atomic mass is 32.1. The minimum Gasteiger partial charge on any atom is -0.336 e. The van der Waals surface area contributed by atoms with E-state index >= 15 is 0 Å². The maximum atomic E-state index is 13.3. The Balaban J connectivity index is 1.64. The number of amides is 1. The Morgan fingerprint density at radius 3 is 2.67 bits per heavy atom. The van der Waals surface area contributed by atoms with Crippen molar-refractivity contribution in [1.82, 2.24) is 14.3 Å². The fourth-order valence-corrected chi connectivity index (χ4v) is 3.32. The lowest BCUT2D eigenvalue weighted by molar-refractivity contribution is -0.131. The van der Waals surface area contributed by atoms with Gasteiger partial charge in [-0.25, -0.2) is 13.8 Å². The Bertz CT molecular complexity index is 749. The molecule has 0 N–H and O–H groups in total. The molecule has 1 fully saturated rings. The minimum absolute atomic E-state index is 0.0627. The molecule has 1 aromatic heterocycles. The van der Waals surface area contributed by atoms with Gasteiger partial charge in [-0.3, -0.25) is 4.79 Å². The molecule has 3 rings (SSSR count). The zero-order valence-electron chi connectivity index (χ0n) is 13.5. The molecule has 2 heterocycles. The van der Waals surface area contributed by atoms with Crippen LogP contribution in [0.25, 0.3) is 0 Å². The van der Waals surface area contributed by atoms with Gasteiger partial charge in [0, 0.05) is 37.1 Å². The number of carbonyl (C=O) groups excluding carboxylic acids is 1. The molecule has 1 amide bonds. The van der Waals surface area contributed by atoms with Gasteiger partial charge in [0.15, 0.2) is 11.6 Å². The van der Waals surface area contributed by atoms with Crippen LogP contribution in [0.3, 0.4) is 0 Å². The number of benzene rings is 1. The Kier molecular flexibility index (Phi) is 4.75. The molecule has 1 aliphatic rings. The van der Waals surface area contributed by atoms with Crippen molar-refractivity contribution in [2.75, 3.05) is 24.5 Å². The smallest absolute Gasteiger partial charge is 0.242 e. The first-order valence-corrected chi connectivity index (χ1v) is 8.51. The van der Waals surface area contributed by atoms with Crippen molar-refractivity contribution in [3.05, 3.63) is 41.2 Å². The summed E-state index contributed by atoms with van der Waals surface area (Å²) in [5.41, 5.74) is 0.578. The van der Waals surface area contributed by atoms with Crippen LogP contribution >= 0.6 is 11.5 Å². The number of rotatable bonds is 4. The maximum absolute atomic E-state index is 13.3. The van der Waals surface area contributed by atoms with Gasteiger partial charge < -0.3 is 9.80 Å². The molecule has 8 heteroatoms. The molecule has 0 bridgehead atoms. The van der Waals surface area contributed by atoms with E-state index in [1.54, 1.807) is 4.90 Å². The fraction of sp³-hybridized carbons (Fsp3) is 0.438. The quantitative estimate of drug-likeness (QED) is 0.849. The summed E-state index contributed by atoms with van der Waals surface area (Å²) < 4.78 is 30.6. The van der Waals surface area contributed by atoms with Crippen LogP contribution in [0.5, 0.6) is 0 Å². The predicted octanol–water partition coefficient (Wildman–Crippen LogP) is 2.79. The van der Waals surface area contributed by atoms with E-state index in [4.69, 9.17) is 0 Å². The topological polar surface area (TPSA) is 49.3 Å². The molecule has 2 aromatic rings. The van der Waals surface area contributed by atoms with Crippen molar-refractivity contribution in [3.63, 3.8) is 0 Å². The summed E-state index contributed by atoms with van der Waals surface area (Å²) in [5, 5.41) is 0.750. The Morgan fingerprint density at radius 2 is 2.04 bits per heavy atom. The van der Waals surface area contributed by atoms with Gasteiger partial charge in [0.05, 0.1) is 6.54 Å². The summed E-state index contributed by atoms with van der Waals surface area (Å²) in [6, 6.07) is 3.71. The van der Waals surface area contributed by atoms with Crippen LogP contribution < -0.4 is 4.90 Å². The summed E-state index contributed by atoms with van der Waals surface area (Å²) in [5.74, 6) is -0.805. The Hall–Kier alpha value is -2.09. The lowest BCUT2D eigenvalue weighted by Gasteiger charge is -2.34. The second-order valence-corrected chi connectivity index (χ2v) is 6.81. The van der Waals surface area contributed by atoms with Gasteiger partial charge in [0.25, 0.3) is 0 Å². The van der Waals surface area contributed by atoms with Crippen LogP contribution in [0.1, 0.15) is 31.2 Å². The minimum atomic E-state index is -0.895. The van der Waals surface area contributed by atoms with Crippen molar-refractivity contribution < 1.29 is 13.6 Å². The molecule has 5 nitrogen and oxygen atoms in total. The van der Waals surface area contributed by atoms with Crippen molar-refractivity contribution >= 4 is 22.6 Å². The largest absolute Gasteiger partial charge is 0.336 e. The third kappa shape index (κ3) is 3.53. The van der Waals surface area contributed by atoms with Crippen LogP contribution in [0.15, 0.2) is 18.2 Å². The molecule has 0 radical (unpaired) electrons. The van der Waals surface area contributed by atoms with Crippen LogP contribution in [0.4, 0.5) is 13.9 Å². The summed E-state index contributed by atoms with van der Waals surface area (Å²) >= 11 is 1.30. The van der Waals surface area contributed by atoms with E-state index in [9.17, 15) is 13.6 Å². The van der Waals surface area contributed by atoms with Crippen molar-refractivity contribution in [3.8, 4) is 0 Å². The SMILES string of the molecule is CC(C)c1nsc(N2CCN(Cc3ccc(F)c(F)c3)C(=O)C2)n1. The fourth-order valence-electron chi connectivity index (χ4n) is 2.49. The molecular weight excluding hydrogens is 334 g/mol. The zero-order chi connectivity index (χ0) is 17.3. The number of carbonyl (C=O) groups is 1. The van der Waals surface area contributed by atoms with Crippen LogP contribution in [0, 0.1) is 11.6 Å². The van der Waals surface area contributed by atoms with Gasteiger partial charge in [-0.2, -0.15) is 4.37 Å². The molecule has 0 aliphatic carbocycles. The summed E-state index contributed by atoms with van der Waals surface area (Å²) in [7, 11) is 0. The van der Waals surface area contributed by atoms with Gasteiger partial charge in [-0.05, 0) is 17.7 Å². The third-order valence-corrected chi connectivity index (χ3v) is 4.69. The lowest BCUT2D eigenvalue weighted by Crippen LogP contribution is -2.50. The van der Waals surface area contributed by atoms with Crippen LogP contribution in [-0.4, -0.2) is 39.8 Å². The zero-order valence-corrected chi connectivity index (χ0v) is 14.3. The Labute approximate surface area is 143 Å². The van der Waals surface area contributed by atoms with E-state index in [1.165, 1.54) is 17.6 Å². The second-order valence-electron chi connectivity index (χ2n) is 6.08. The molecule has 1 aromatic carbocycles. The van der Waals surface area contributed by atoms with Gasteiger partial charge in [-0.15, -0.1) is 0 Å². The Morgan fingerprint density at radius 1 is 1.25 bits per heavy atom. The monoisotopic (exact) mass is 352 g/mol. The summed E-state index contributed by atoms with van der Waals surface area (Å²) in [6.07, 6.45) is 0. The van der Waals surface area contributed by atoms with Gasteiger partial charge in [0.2, 0.25) is 11.0 Å². The number of nitrogens with zero attached hydrogens (tertiary/aromatic N) is 4. The normalized spacial score (nSPS) is 15.5. The number of anilines is 1. The number of halogens is 2. The number of aromatic nitrogens is 2. The molecule has 1 aliphatic heterocycles. The highest BCUT2D eigenvalue weighted by Crippen LogP contribution is 2.23. The first-order chi connectivity index (χ1) is 11.4. The third-order valence-electron chi connectivity index (χ3n) is 3.89. The molecule has 0 atom stereocenters. The lowest BCUT2D eigenvalue weighted by atomic mass is 10.2. The maximum Gasteiger partial charge on any atom is 0.242 e. The average Bonchev–Trinajstić information content (AvgIpc) is 3.03. The van der Waals surface area contributed by atoms with Gasteiger partial charge >= 0.3 is 0 Å². The standard InChI is InChI=1S/C16H18F2N4OS/c1-10(2)15-19-16(24-20-15)22-6-5-21(14(23)9-22)8-11-3-4-12(17)13(18)7-11/h3-4,7,10H,5-6,8-9H2,1-2H3. The van der Waals surface area contributed by atoms with E-state index < -0.39 is 11.6 Å². The molecular formula is C16H18F2N4OS. The molecule has 128 valence electrons. The molecule has 24 heavy (non-hydrogen) atoms. The van der Waals surface area contributed by atoms with Crippen LogP contribution in [-0.2, 0) is 11.3 Å². The number of hydrogen-bond donors (Lipinski definition) is 0. The number of hydrogen-bond acceptors (Lipinski definition) is 5. The van der Waals surface area contributed by atoms with Crippen molar-refractivity contribution in [2.24, 2.45) is 0 Å². The average molecular weight is 352 g/mol. The van der Waals surface area contributed by atoms with E-state index in [0.29, 0.717) is 18.7 Å². The molecule has 1 saturated heterocycles. The first-order valence-electron chi connectivity index (χ1n) is 7.74. The van der Waals surface area contributed by atoms with Crippen molar-refractivity contribution in [1.29, 1.82) is 0 Å².